The molecule has 2 saturated carbocycles. The van der Waals surface area contributed by atoms with Crippen molar-refractivity contribution in [2.75, 3.05) is 13.1 Å². The first-order chi connectivity index (χ1) is 9.04. The SMILES string of the molecule is CC(C)N1CC2CC1C2.CC(C)N1CC2CCC1C2. The number of hydrogen-bond acceptors (Lipinski definition) is 2. The van der Waals surface area contributed by atoms with Gasteiger partial charge >= 0.3 is 0 Å². The van der Waals surface area contributed by atoms with Crippen LogP contribution in [0.4, 0.5) is 0 Å². The Morgan fingerprint density at radius 1 is 0.684 bits per heavy atom. The molecule has 3 saturated heterocycles. The molecule has 2 atom stereocenters. The molecule has 2 unspecified atom stereocenters. The third-order valence-corrected chi connectivity index (χ3v) is 5.93. The van der Waals surface area contributed by atoms with Gasteiger partial charge in [-0.05, 0) is 71.6 Å². The van der Waals surface area contributed by atoms with Crippen molar-refractivity contribution in [3.8, 4) is 0 Å². The predicted octanol–water partition coefficient (Wildman–Crippen LogP) is 3.37. The van der Waals surface area contributed by atoms with Crippen LogP contribution in [0.25, 0.3) is 0 Å². The number of piperidine rings is 1. The zero-order valence-electron chi connectivity index (χ0n) is 13.3. The van der Waals surface area contributed by atoms with Crippen LogP contribution in [-0.4, -0.2) is 47.1 Å². The van der Waals surface area contributed by atoms with E-state index < -0.39 is 0 Å². The Kier molecular flexibility index (Phi) is 3.92. The number of rotatable bonds is 2. The van der Waals surface area contributed by atoms with Gasteiger partial charge in [0.2, 0.25) is 0 Å². The quantitative estimate of drug-likeness (QED) is 0.754. The summed E-state index contributed by atoms with van der Waals surface area (Å²) in [5.41, 5.74) is 0. The van der Waals surface area contributed by atoms with E-state index in [4.69, 9.17) is 0 Å². The fourth-order valence-corrected chi connectivity index (χ4v) is 4.80. The third-order valence-electron chi connectivity index (χ3n) is 5.93. The summed E-state index contributed by atoms with van der Waals surface area (Å²) in [6.45, 7) is 12.0. The smallest absolute Gasteiger partial charge is 0.0104 e. The fraction of sp³-hybridized carbons (Fsp3) is 1.00. The first-order valence-corrected chi connectivity index (χ1v) is 8.56. The molecule has 0 aromatic heterocycles. The van der Waals surface area contributed by atoms with Crippen LogP contribution < -0.4 is 0 Å². The van der Waals surface area contributed by atoms with Crippen molar-refractivity contribution in [3.63, 3.8) is 0 Å². The zero-order chi connectivity index (χ0) is 13.6. The van der Waals surface area contributed by atoms with Gasteiger partial charge in [0.15, 0.2) is 0 Å². The lowest BCUT2D eigenvalue weighted by molar-refractivity contribution is 0.170. The average Bonchev–Trinajstić information content (AvgIpc) is 3.07. The summed E-state index contributed by atoms with van der Waals surface area (Å²) in [7, 11) is 0. The Balaban J connectivity index is 0.000000117. The minimum atomic E-state index is 0.787. The number of hydrogen-bond donors (Lipinski definition) is 0. The highest BCUT2D eigenvalue weighted by Gasteiger charge is 2.43. The van der Waals surface area contributed by atoms with E-state index in [9.17, 15) is 0 Å². The van der Waals surface area contributed by atoms with Crippen molar-refractivity contribution >= 4 is 0 Å². The van der Waals surface area contributed by atoms with Gasteiger partial charge in [-0.15, -0.1) is 0 Å². The predicted molar refractivity (Wildman–Crippen MR) is 81.3 cm³/mol. The van der Waals surface area contributed by atoms with Gasteiger partial charge < -0.3 is 0 Å². The molecule has 5 rings (SSSR count). The Morgan fingerprint density at radius 3 is 1.47 bits per heavy atom. The van der Waals surface area contributed by atoms with Gasteiger partial charge in [0.05, 0.1) is 0 Å². The van der Waals surface area contributed by atoms with E-state index in [-0.39, 0.29) is 0 Å². The van der Waals surface area contributed by atoms with Crippen LogP contribution in [0, 0.1) is 11.8 Å². The zero-order valence-corrected chi connectivity index (χ0v) is 13.3. The van der Waals surface area contributed by atoms with E-state index >= 15 is 0 Å². The molecular formula is C17H32N2. The Hall–Kier alpha value is -0.0800. The molecule has 5 fully saturated rings. The summed E-state index contributed by atoms with van der Waals surface area (Å²) in [6, 6.07) is 3.53. The lowest BCUT2D eigenvalue weighted by Crippen LogP contribution is -2.37. The summed E-state index contributed by atoms with van der Waals surface area (Å²) < 4.78 is 0. The highest BCUT2D eigenvalue weighted by molar-refractivity contribution is 4.97. The minimum Gasteiger partial charge on any atom is -0.298 e. The summed E-state index contributed by atoms with van der Waals surface area (Å²) in [5, 5.41) is 0. The molecule has 4 bridgehead atoms. The molecule has 2 aliphatic carbocycles. The maximum absolute atomic E-state index is 2.67. The maximum Gasteiger partial charge on any atom is 0.0104 e. The topological polar surface area (TPSA) is 6.48 Å². The normalized spacial score (nSPS) is 40.7. The minimum absolute atomic E-state index is 0.787. The standard InChI is InChI=1S/C9H17N.C8H15N/c1-7(2)10-6-8-3-4-9(10)5-8;1-6(2)9-5-7-3-8(9)4-7/h7-9H,3-6H2,1-2H3;6-8H,3-5H2,1-2H3. The van der Waals surface area contributed by atoms with Gasteiger partial charge in [-0.25, -0.2) is 0 Å². The highest BCUT2D eigenvalue weighted by Crippen LogP contribution is 2.41. The number of likely N-dealkylation sites (tertiary alicyclic amines) is 1. The molecule has 110 valence electrons. The lowest BCUT2D eigenvalue weighted by Gasteiger charge is -2.30. The van der Waals surface area contributed by atoms with E-state index in [0.717, 1.165) is 36.0 Å². The summed E-state index contributed by atoms with van der Waals surface area (Å²) in [6.07, 6.45) is 7.48. The Labute approximate surface area is 119 Å². The summed E-state index contributed by atoms with van der Waals surface area (Å²) >= 11 is 0. The second-order valence-corrected chi connectivity index (χ2v) is 7.91. The molecule has 3 aliphatic heterocycles. The van der Waals surface area contributed by atoms with Crippen LogP contribution in [0.3, 0.4) is 0 Å². The van der Waals surface area contributed by atoms with Crippen molar-refractivity contribution in [1.29, 1.82) is 0 Å². The van der Waals surface area contributed by atoms with Crippen molar-refractivity contribution in [1.82, 2.24) is 9.80 Å². The van der Waals surface area contributed by atoms with Gasteiger partial charge in [0, 0.05) is 37.3 Å². The number of nitrogens with zero attached hydrogens (tertiary/aromatic N) is 2. The Morgan fingerprint density at radius 2 is 1.21 bits per heavy atom. The van der Waals surface area contributed by atoms with Crippen molar-refractivity contribution in [3.05, 3.63) is 0 Å². The molecule has 2 nitrogen and oxygen atoms in total. The fourth-order valence-electron chi connectivity index (χ4n) is 4.80. The third kappa shape index (κ3) is 2.71. The molecule has 0 N–H and O–H groups in total. The monoisotopic (exact) mass is 264 g/mol. The van der Waals surface area contributed by atoms with E-state index in [1.807, 2.05) is 0 Å². The van der Waals surface area contributed by atoms with Crippen LogP contribution in [0.5, 0.6) is 0 Å². The first kappa shape index (κ1) is 13.9. The first-order valence-electron chi connectivity index (χ1n) is 8.56. The molecule has 0 spiro atoms. The number of fused-ring (bicyclic) bond motifs is 3. The van der Waals surface area contributed by atoms with E-state index in [0.29, 0.717) is 0 Å². The highest BCUT2D eigenvalue weighted by atomic mass is 15.2. The average molecular weight is 264 g/mol. The largest absolute Gasteiger partial charge is 0.298 e. The van der Waals surface area contributed by atoms with E-state index in [2.05, 4.69) is 37.5 Å². The molecular weight excluding hydrogens is 232 g/mol. The van der Waals surface area contributed by atoms with Crippen molar-refractivity contribution in [2.24, 2.45) is 11.8 Å². The van der Waals surface area contributed by atoms with Crippen LogP contribution in [0.15, 0.2) is 0 Å². The van der Waals surface area contributed by atoms with Gasteiger partial charge in [-0.3, -0.25) is 9.80 Å². The van der Waals surface area contributed by atoms with Crippen LogP contribution >= 0.6 is 0 Å². The molecule has 2 heteroatoms. The molecule has 0 radical (unpaired) electrons. The molecule has 0 aromatic rings. The van der Waals surface area contributed by atoms with Crippen molar-refractivity contribution in [2.45, 2.75) is 84.0 Å². The summed E-state index contributed by atoms with van der Waals surface area (Å²) in [5.74, 6) is 2.14. The molecule has 5 aliphatic rings. The second kappa shape index (κ2) is 5.37. The lowest BCUT2D eigenvalue weighted by atomic mass is 9.86. The second-order valence-electron chi connectivity index (χ2n) is 7.91. The molecule has 0 amide bonds. The van der Waals surface area contributed by atoms with Gasteiger partial charge in [0.25, 0.3) is 0 Å². The van der Waals surface area contributed by atoms with Crippen LogP contribution in [0.1, 0.15) is 59.8 Å². The van der Waals surface area contributed by atoms with Gasteiger partial charge in [0.1, 0.15) is 0 Å². The van der Waals surface area contributed by atoms with E-state index in [1.54, 1.807) is 0 Å². The van der Waals surface area contributed by atoms with E-state index in [1.165, 1.54) is 45.2 Å². The van der Waals surface area contributed by atoms with Gasteiger partial charge in [-0.2, -0.15) is 0 Å². The Bertz CT molecular complexity index is 306. The van der Waals surface area contributed by atoms with Crippen LogP contribution in [-0.2, 0) is 0 Å². The maximum atomic E-state index is 2.67. The van der Waals surface area contributed by atoms with Crippen LogP contribution in [0.2, 0.25) is 0 Å². The van der Waals surface area contributed by atoms with Gasteiger partial charge in [-0.1, -0.05) is 0 Å². The molecule has 3 heterocycles. The molecule has 0 aromatic carbocycles. The van der Waals surface area contributed by atoms with Crippen molar-refractivity contribution < 1.29 is 0 Å². The summed E-state index contributed by atoms with van der Waals surface area (Å²) in [4.78, 5) is 5.32. The molecule has 19 heavy (non-hydrogen) atoms.